The van der Waals surface area contributed by atoms with E-state index in [0.717, 1.165) is 26.9 Å². The van der Waals surface area contributed by atoms with E-state index in [1.54, 1.807) is 0 Å². The fourth-order valence-electron chi connectivity index (χ4n) is 3.92. The maximum Gasteiger partial charge on any atom is 0.365 e. The van der Waals surface area contributed by atoms with Crippen LogP contribution in [0.25, 0.3) is 10.8 Å². The Morgan fingerprint density at radius 1 is 1.00 bits per heavy atom. The Balaban J connectivity index is 1.50. The summed E-state index contributed by atoms with van der Waals surface area (Å²) in [6, 6.07) is 21.6. The highest BCUT2D eigenvalue weighted by atomic mass is 16.5. The van der Waals surface area contributed by atoms with Crippen LogP contribution in [0.1, 0.15) is 11.1 Å². The van der Waals surface area contributed by atoms with Crippen LogP contribution in [0.5, 0.6) is 0 Å². The standard InChI is InChI=1S/C23H22N2O3/c1-28-23(27)21-13-18-8-4-5-9-19(18)14-25(21)15-22(26)24-20-11-10-16-6-2-3-7-17(16)12-20/h2-12,21H,13-15H2,1H3,(H,24,26)/p+1/t21-/m1/s1. The molecule has 1 aliphatic rings. The zero-order valence-electron chi connectivity index (χ0n) is 15.8. The summed E-state index contributed by atoms with van der Waals surface area (Å²) in [7, 11) is 1.40. The highest BCUT2D eigenvalue weighted by Crippen LogP contribution is 2.19. The van der Waals surface area contributed by atoms with Crippen molar-refractivity contribution in [3.05, 3.63) is 77.9 Å². The molecule has 2 N–H and O–H groups in total. The van der Waals surface area contributed by atoms with Gasteiger partial charge in [-0.05, 0) is 28.5 Å². The van der Waals surface area contributed by atoms with Gasteiger partial charge in [-0.25, -0.2) is 4.79 Å². The van der Waals surface area contributed by atoms with Crippen molar-refractivity contribution in [1.82, 2.24) is 0 Å². The Hall–Kier alpha value is -3.18. The zero-order chi connectivity index (χ0) is 19.5. The number of methoxy groups -OCH3 is 1. The van der Waals surface area contributed by atoms with Crippen LogP contribution in [0.3, 0.4) is 0 Å². The quantitative estimate of drug-likeness (QED) is 0.686. The van der Waals surface area contributed by atoms with E-state index >= 15 is 0 Å². The van der Waals surface area contributed by atoms with Crippen molar-refractivity contribution >= 4 is 28.3 Å². The second kappa shape index (κ2) is 7.82. The van der Waals surface area contributed by atoms with E-state index in [4.69, 9.17) is 4.74 Å². The molecule has 1 heterocycles. The Labute approximate surface area is 163 Å². The normalized spacial score (nSPS) is 18.3. The van der Waals surface area contributed by atoms with Gasteiger partial charge < -0.3 is 15.0 Å². The number of fused-ring (bicyclic) bond motifs is 2. The summed E-state index contributed by atoms with van der Waals surface area (Å²) in [5.41, 5.74) is 3.09. The van der Waals surface area contributed by atoms with Gasteiger partial charge in [0.05, 0.1) is 7.11 Å². The molecule has 1 aliphatic heterocycles. The fraction of sp³-hybridized carbons (Fsp3) is 0.217. The van der Waals surface area contributed by atoms with Crippen molar-refractivity contribution < 1.29 is 19.2 Å². The molecule has 0 aromatic heterocycles. The number of benzene rings is 3. The zero-order valence-corrected chi connectivity index (χ0v) is 15.8. The van der Waals surface area contributed by atoms with Gasteiger partial charge >= 0.3 is 5.97 Å². The summed E-state index contributed by atoms with van der Waals surface area (Å²) in [4.78, 5) is 25.9. The van der Waals surface area contributed by atoms with Crippen molar-refractivity contribution in [2.75, 3.05) is 19.0 Å². The number of esters is 1. The largest absolute Gasteiger partial charge is 0.465 e. The molecule has 0 fully saturated rings. The third-order valence-corrected chi connectivity index (χ3v) is 5.36. The number of anilines is 1. The van der Waals surface area contributed by atoms with E-state index in [0.29, 0.717) is 13.0 Å². The lowest BCUT2D eigenvalue weighted by Gasteiger charge is -2.31. The molecule has 3 aromatic carbocycles. The van der Waals surface area contributed by atoms with Gasteiger partial charge in [0.25, 0.3) is 5.91 Å². The average molecular weight is 375 g/mol. The van der Waals surface area contributed by atoms with Crippen molar-refractivity contribution in [3.8, 4) is 0 Å². The lowest BCUT2D eigenvalue weighted by Crippen LogP contribution is -3.17. The molecule has 0 aliphatic carbocycles. The van der Waals surface area contributed by atoms with E-state index in [9.17, 15) is 9.59 Å². The van der Waals surface area contributed by atoms with Crippen LogP contribution >= 0.6 is 0 Å². The second-order valence-electron chi connectivity index (χ2n) is 7.17. The van der Waals surface area contributed by atoms with Crippen molar-refractivity contribution in [1.29, 1.82) is 0 Å². The third-order valence-electron chi connectivity index (χ3n) is 5.36. The van der Waals surface area contributed by atoms with Crippen LogP contribution < -0.4 is 10.2 Å². The summed E-state index contributed by atoms with van der Waals surface area (Å²) in [6.45, 7) is 0.835. The number of hydrogen-bond acceptors (Lipinski definition) is 3. The minimum atomic E-state index is -0.373. The Morgan fingerprint density at radius 3 is 2.50 bits per heavy atom. The third kappa shape index (κ3) is 3.75. The molecular formula is C23H23N2O3+. The van der Waals surface area contributed by atoms with E-state index in [2.05, 4.69) is 11.4 Å². The van der Waals surface area contributed by atoms with E-state index in [1.165, 1.54) is 12.7 Å². The summed E-state index contributed by atoms with van der Waals surface area (Å²) in [5, 5.41) is 5.18. The number of quaternary nitrogens is 1. The average Bonchev–Trinajstić information content (AvgIpc) is 2.72. The molecule has 5 nitrogen and oxygen atoms in total. The summed E-state index contributed by atoms with van der Waals surface area (Å²) >= 11 is 0. The van der Waals surface area contributed by atoms with Crippen LogP contribution in [-0.4, -0.2) is 31.6 Å². The first-order chi connectivity index (χ1) is 13.6. The van der Waals surface area contributed by atoms with Crippen molar-refractivity contribution in [2.45, 2.75) is 19.0 Å². The second-order valence-corrected chi connectivity index (χ2v) is 7.17. The summed E-state index contributed by atoms with van der Waals surface area (Å²) in [5.74, 6) is -0.387. The van der Waals surface area contributed by atoms with Crippen LogP contribution in [0.2, 0.25) is 0 Å². The van der Waals surface area contributed by atoms with Gasteiger partial charge in [-0.1, -0.05) is 54.6 Å². The molecule has 4 rings (SSSR count). The SMILES string of the molecule is COC(=O)[C@H]1Cc2ccccc2C[NH+]1CC(=O)Nc1ccc2ccccc2c1. The highest BCUT2D eigenvalue weighted by Gasteiger charge is 2.37. The van der Waals surface area contributed by atoms with Crippen LogP contribution in [-0.2, 0) is 27.3 Å². The van der Waals surface area contributed by atoms with Gasteiger partial charge in [-0.2, -0.15) is 0 Å². The van der Waals surface area contributed by atoms with E-state index in [-0.39, 0.29) is 24.5 Å². The molecular weight excluding hydrogens is 352 g/mol. The number of amides is 1. The molecule has 1 unspecified atom stereocenters. The van der Waals surface area contributed by atoms with Crippen molar-refractivity contribution in [3.63, 3.8) is 0 Å². The summed E-state index contributed by atoms with van der Waals surface area (Å²) < 4.78 is 4.99. The van der Waals surface area contributed by atoms with Crippen molar-refractivity contribution in [2.24, 2.45) is 0 Å². The predicted molar refractivity (Wildman–Crippen MR) is 108 cm³/mol. The molecule has 142 valence electrons. The Bertz CT molecular complexity index is 1030. The number of rotatable bonds is 4. The maximum absolute atomic E-state index is 12.7. The van der Waals surface area contributed by atoms with Crippen LogP contribution in [0.15, 0.2) is 66.7 Å². The first-order valence-corrected chi connectivity index (χ1v) is 9.42. The van der Waals surface area contributed by atoms with Gasteiger partial charge in [0.1, 0.15) is 6.54 Å². The van der Waals surface area contributed by atoms with Gasteiger partial charge in [0.15, 0.2) is 12.6 Å². The lowest BCUT2D eigenvalue weighted by molar-refractivity contribution is -0.924. The number of nitrogens with one attached hydrogen (secondary N) is 2. The van der Waals surface area contributed by atoms with Gasteiger partial charge in [-0.15, -0.1) is 0 Å². The Morgan fingerprint density at radius 2 is 1.71 bits per heavy atom. The topological polar surface area (TPSA) is 59.8 Å². The molecule has 3 aromatic rings. The highest BCUT2D eigenvalue weighted by molar-refractivity contribution is 5.95. The fourth-order valence-corrected chi connectivity index (χ4v) is 3.92. The first kappa shape index (κ1) is 18.2. The maximum atomic E-state index is 12.7. The number of hydrogen-bond donors (Lipinski definition) is 2. The molecule has 28 heavy (non-hydrogen) atoms. The first-order valence-electron chi connectivity index (χ1n) is 9.42. The monoisotopic (exact) mass is 375 g/mol. The number of carbonyl (C=O) groups is 2. The molecule has 0 saturated heterocycles. The lowest BCUT2D eigenvalue weighted by atomic mass is 9.94. The minimum Gasteiger partial charge on any atom is -0.465 e. The number of ether oxygens (including phenoxy) is 1. The molecule has 0 radical (unpaired) electrons. The van der Waals surface area contributed by atoms with Crippen LogP contribution in [0.4, 0.5) is 5.69 Å². The molecule has 2 atom stereocenters. The Kier molecular flexibility index (Phi) is 5.08. The molecule has 0 bridgehead atoms. The van der Waals surface area contributed by atoms with E-state index < -0.39 is 0 Å². The number of carbonyl (C=O) groups excluding carboxylic acids is 2. The van der Waals surface area contributed by atoms with Crippen LogP contribution in [0, 0.1) is 0 Å². The smallest absolute Gasteiger partial charge is 0.365 e. The van der Waals surface area contributed by atoms with Gasteiger partial charge in [0, 0.05) is 17.7 Å². The molecule has 5 heteroatoms. The van der Waals surface area contributed by atoms with Gasteiger partial charge in [0.2, 0.25) is 0 Å². The molecule has 1 amide bonds. The predicted octanol–water partition coefficient (Wildman–Crippen LogP) is 1.96. The minimum absolute atomic E-state index is 0.112. The van der Waals surface area contributed by atoms with E-state index in [1.807, 2.05) is 60.7 Å². The molecule has 0 saturated carbocycles. The molecule has 0 spiro atoms. The van der Waals surface area contributed by atoms with Gasteiger partial charge in [-0.3, -0.25) is 4.79 Å². The summed E-state index contributed by atoms with van der Waals surface area (Å²) in [6.07, 6.45) is 0.585.